The molecule has 276 valence electrons. The molecule has 0 aliphatic heterocycles. The first-order chi connectivity index (χ1) is 27.7. The van der Waals surface area contributed by atoms with Crippen molar-refractivity contribution in [3.63, 3.8) is 0 Å². The highest BCUT2D eigenvalue weighted by atomic mass is 16.5. The zero-order chi connectivity index (χ0) is 39.1. The molecule has 1 aliphatic carbocycles. The number of esters is 1. The van der Waals surface area contributed by atoms with Gasteiger partial charge in [0.15, 0.2) is 0 Å². The maximum absolute atomic E-state index is 12.1. The lowest BCUT2D eigenvalue weighted by molar-refractivity contribution is -0.137. The van der Waals surface area contributed by atoms with Gasteiger partial charge in [0.05, 0.1) is 6.61 Å². The number of benzene rings is 9. The summed E-state index contributed by atoms with van der Waals surface area (Å²) in [7, 11) is 0. The van der Waals surface area contributed by atoms with Crippen LogP contribution in [0.5, 0.6) is 0 Å². The summed E-state index contributed by atoms with van der Waals surface area (Å²) in [5.74, 6) is -0.397. The normalized spacial score (nSPS) is 15.1. The lowest BCUT2D eigenvalue weighted by Gasteiger charge is -2.29. The van der Waals surface area contributed by atoms with Gasteiger partial charge in [-0.3, -0.25) is 0 Å². The fourth-order valence-corrected chi connectivity index (χ4v) is 9.75. The van der Waals surface area contributed by atoms with Gasteiger partial charge in [0, 0.05) is 11.5 Å². The lowest BCUT2D eigenvalue weighted by Crippen LogP contribution is -2.23. The molecule has 0 amide bonds. The van der Waals surface area contributed by atoms with E-state index >= 15 is 0 Å². The molecule has 0 bridgehead atoms. The molecule has 1 atom stereocenters. The van der Waals surface area contributed by atoms with E-state index in [0.29, 0.717) is 13.0 Å². The Kier molecular flexibility index (Phi) is 7.99. The second-order valence-corrected chi connectivity index (χ2v) is 16.8. The predicted octanol–water partition coefficient (Wildman–Crippen LogP) is 14.5. The SMILES string of the molecule is C=CC(=O)OCCCC1(C=C)c2cc(-c3cc4ccccc4c4ccccc34)ccc2-c2ccc(-c3ccc4ccc5cc(C(C)(C)C)cc6ccc3c4c56)cc21. The van der Waals surface area contributed by atoms with Gasteiger partial charge in [-0.25, -0.2) is 4.79 Å². The van der Waals surface area contributed by atoms with Crippen LogP contribution in [-0.4, -0.2) is 12.6 Å². The second-order valence-electron chi connectivity index (χ2n) is 16.8. The molecule has 0 aromatic heterocycles. The molecule has 0 spiro atoms. The van der Waals surface area contributed by atoms with E-state index in [0.717, 1.165) is 6.42 Å². The molecule has 9 aromatic rings. The zero-order valence-electron chi connectivity index (χ0n) is 32.8. The summed E-state index contributed by atoms with van der Waals surface area (Å²) in [5.41, 5.74) is 10.6. The highest BCUT2D eigenvalue weighted by molar-refractivity contribution is 6.25. The number of rotatable bonds is 8. The topological polar surface area (TPSA) is 26.3 Å². The summed E-state index contributed by atoms with van der Waals surface area (Å²) in [6.07, 6.45) is 4.78. The van der Waals surface area contributed by atoms with Gasteiger partial charge < -0.3 is 4.74 Å². The summed E-state index contributed by atoms with van der Waals surface area (Å²) in [4.78, 5) is 12.1. The van der Waals surface area contributed by atoms with E-state index < -0.39 is 11.4 Å². The van der Waals surface area contributed by atoms with Gasteiger partial charge >= 0.3 is 5.97 Å². The van der Waals surface area contributed by atoms with Crippen molar-refractivity contribution in [3.8, 4) is 33.4 Å². The Bertz CT molecular complexity index is 3100. The Balaban J connectivity index is 1.15. The minimum atomic E-state index is -0.503. The molecule has 57 heavy (non-hydrogen) atoms. The van der Waals surface area contributed by atoms with Crippen LogP contribution in [0.1, 0.15) is 50.3 Å². The summed E-state index contributed by atoms with van der Waals surface area (Å²) >= 11 is 0. The highest BCUT2D eigenvalue weighted by Crippen LogP contribution is 2.55. The van der Waals surface area contributed by atoms with Crippen molar-refractivity contribution in [1.82, 2.24) is 0 Å². The standard InChI is InChI=1S/C55H44O2/c1-6-51(56)57-28-12-27-55(7-2)49-32-36(42-23-19-34-17-18-38-29-40(54(3,4)5)30-39-22-26-47(42)53(34)52(38)39)20-24-45(49)46-25-21-37(33-50(46)55)48-31-35-13-8-9-14-41(35)43-15-10-11-16-44(43)48/h6-11,13-26,29-33H,1-2,12,27-28H2,3-5H3. The van der Waals surface area contributed by atoms with Crippen LogP contribution in [0.4, 0.5) is 0 Å². The summed E-state index contributed by atoms with van der Waals surface area (Å²) in [6, 6.07) is 52.2. The van der Waals surface area contributed by atoms with Gasteiger partial charge in [0.1, 0.15) is 0 Å². The summed E-state index contributed by atoms with van der Waals surface area (Å²) in [6.45, 7) is 15.3. The van der Waals surface area contributed by atoms with Crippen LogP contribution in [0.25, 0.3) is 87.2 Å². The zero-order valence-corrected chi connectivity index (χ0v) is 32.8. The smallest absolute Gasteiger partial charge is 0.330 e. The first-order valence-corrected chi connectivity index (χ1v) is 20.0. The second kappa shape index (κ2) is 13.0. The van der Waals surface area contributed by atoms with Gasteiger partial charge in [0.2, 0.25) is 0 Å². The largest absolute Gasteiger partial charge is 0.463 e. The molecule has 0 radical (unpaired) electrons. The average Bonchev–Trinajstić information content (AvgIpc) is 3.51. The van der Waals surface area contributed by atoms with Crippen LogP contribution < -0.4 is 0 Å². The number of hydrogen-bond donors (Lipinski definition) is 0. The molecule has 2 heteroatoms. The number of allylic oxidation sites excluding steroid dienone is 1. The van der Waals surface area contributed by atoms with E-state index in [1.807, 2.05) is 0 Å². The Labute approximate surface area is 334 Å². The molecule has 0 heterocycles. The fraction of sp³-hybridized carbons (Fsp3) is 0.145. The van der Waals surface area contributed by atoms with Crippen molar-refractivity contribution in [2.24, 2.45) is 0 Å². The number of hydrogen-bond acceptors (Lipinski definition) is 2. The molecule has 0 N–H and O–H groups in total. The number of carbonyl (C=O) groups is 1. The first-order valence-electron chi connectivity index (χ1n) is 20.0. The molecule has 10 rings (SSSR count). The Hall–Kier alpha value is -6.51. The van der Waals surface area contributed by atoms with E-state index in [1.54, 1.807) is 0 Å². The Morgan fingerprint density at radius 1 is 0.579 bits per heavy atom. The third kappa shape index (κ3) is 5.42. The summed E-state index contributed by atoms with van der Waals surface area (Å²) < 4.78 is 5.53. The number of fused-ring (bicyclic) bond motifs is 6. The van der Waals surface area contributed by atoms with Crippen molar-refractivity contribution in [2.45, 2.75) is 44.4 Å². The van der Waals surface area contributed by atoms with Crippen molar-refractivity contribution < 1.29 is 9.53 Å². The number of ether oxygens (including phenoxy) is 1. The van der Waals surface area contributed by atoms with Crippen LogP contribution in [0.2, 0.25) is 0 Å². The van der Waals surface area contributed by atoms with Gasteiger partial charge in [-0.05, 0) is 140 Å². The van der Waals surface area contributed by atoms with Crippen molar-refractivity contribution in [3.05, 3.63) is 182 Å². The third-order valence-electron chi connectivity index (χ3n) is 12.6. The molecule has 9 aromatic carbocycles. The molecular weight excluding hydrogens is 693 g/mol. The molecule has 1 aliphatic rings. The van der Waals surface area contributed by atoms with E-state index in [2.05, 4.69) is 180 Å². The predicted molar refractivity (Wildman–Crippen MR) is 242 cm³/mol. The minimum Gasteiger partial charge on any atom is -0.463 e. The van der Waals surface area contributed by atoms with Crippen molar-refractivity contribution >= 4 is 59.8 Å². The highest BCUT2D eigenvalue weighted by Gasteiger charge is 2.41. The van der Waals surface area contributed by atoms with E-state index in [1.165, 1.54) is 110 Å². The monoisotopic (exact) mass is 736 g/mol. The van der Waals surface area contributed by atoms with Crippen LogP contribution >= 0.6 is 0 Å². The molecule has 0 fully saturated rings. The van der Waals surface area contributed by atoms with Crippen molar-refractivity contribution in [2.75, 3.05) is 6.61 Å². The molecule has 0 saturated carbocycles. The first kappa shape index (κ1) is 34.9. The minimum absolute atomic E-state index is 0.0621. The molecule has 1 unspecified atom stereocenters. The summed E-state index contributed by atoms with van der Waals surface area (Å²) in [5, 5.41) is 12.7. The molecule has 0 saturated heterocycles. The van der Waals surface area contributed by atoms with Crippen LogP contribution in [0.3, 0.4) is 0 Å². The maximum Gasteiger partial charge on any atom is 0.330 e. The van der Waals surface area contributed by atoms with Gasteiger partial charge in [-0.2, -0.15) is 0 Å². The maximum atomic E-state index is 12.1. The van der Waals surface area contributed by atoms with Gasteiger partial charge in [-0.15, -0.1) is 6.58 Å². The third-order valence-corrected chi connectivity index (χ3v) is 12.6. The average molecular weight is 737 g/mol. The Morgan fingerprint density at radius 3 is 1.86 bits per heavy atom. The van der Waals surface area contributed by atoms with Crippen LogP contribution in [0, 0.1) is 0 Å². The van der Waals surface area contributed by atoms with Crippen LogP contribution in [-0.2, 0) is 20.4 Å². The fourth-order valence-electron chi connectivity index (χ4n) is 9.75. The lowest BCUT2D eigenvalue weighted by atomic mass is 9.73. The van der Waals surface area contributed by atoms with Crippen LogP contribution in [0.15, 0.2) is 165 Å². The molecular formula is C55H44O2. The van der Waals surface area contributed by atoms with E-state index in [-0.39, 0.29) is 5.41 Å². The quantitative estimate of drug-likeness (QED) is 0.0510. The van der Waals surface area contributed by atoms with Crippen molar-refractivity contribution in [1.29, 1.82) is 0 Å². The van der Waals surface area contributed by atoms with E-state index in [9.17, 15) is 4.79 Å². The Morgan fingerprint density at radius 2 is 1.18 bits per heavy atom. The van der Waals surface area contributed by atoms with E-state index in [4.69, 9.17) is 4.74 Å². The number of carbonyl (C=O) groups excluding carboxylic acids is 1. The van der Waals surface area contributed by atoms with Gasteiger partial charge in [-0.1, -0.05) is 155 Å². The van der Waals surface area contributed by atoms with Gasteiger partial charge in [0.25, 0.3) is 0 Å². The molecule has 2 nitrogen and oxygen atoms in total.